The van der Waals surface area contributed by atoms with Crippen LogP contribution in [0.25, 0.3) is 11.0 Å². The Bertz CT molecular complexity index is 548. The molecule has 0 aliphatic carbocycles. The Hall–Kier alpha value is -1.72. The molecule has 1 aromatic carbocycles. The maximum Gasteiger partial charge on any atom is 0.147 e. The molecule has 5 heteroatoms. The van der Waals surface area contributed by atoms with Gasteiger partial charge in [0.25, 0.3) is 0 Å². The van der Waals surface area contributed by atoms with Crippen molar-refractivity contribution in [2.75, 3.05) is 44.2 Å². The van der Waals surface area contributed by atoms with Crippen LogP contribution in [0, 0.1) is 0 Å². The highest BCUT2D eigenvalue weighted by molar-refractivity contribution is 5.75. The summed E-state index contributed by atoms with van der Waals surface area (Å²) in [4.78, 5) is 13.9. The van der Waals surface area contributed by atoms with E-state index in [1.54, 1.807) is 0 Å². The van der Waals surface area contributed by atoms with E-state index >= 15 is 0 Å². The molecule has 1 saturated heterocycles. The molecule has 0 spiro atoms. The second kappa shape index (κ2) is 5.50. The smallest absolute Gasteiger partial charge is 0.147 e. The minimum atomic E-state index is 0.732. The van der Waals surface area contributed by atoms with Crippen molar-refractivity contribution in [3.8, 4) is 0 Å². The van der Waals surface area contributed by atoms with Crippen molar-refractivity contribution >= 4 is 16.9 Å². The molecule has 0 unspecified atom stereocenters. The van der Waals surface area contributed by atoms with Crippen LogP contribution in [0.1, 0.15) is 0 Å². The highest BCUT2D eigenvalue weighted by Crippen LogP contribution is 2.16. The second-order valence-electron chi connectivity index (χ2n) is 4.83. The van der Waals surface area contributed by atoms with Gasteiger partial charge in [0.2, 0.25) is 0 Å². The van der Waals surface area contributed by atoms with Gasteiger partial charge in [0.15, 0.2) is 0 Å². The molecule has 1 aliphatic rings. The van der Waals surface area contributed by atoms with E-state index in [0.717, 1.165) is 56.1 Å². The van der Waals surface area contributed by atoms with Crippen molar-refractivity contribution in [2.45, 2.75) is 0 Å². The minimum absolute atomic E-state index is 0.732. The summed E-state index contributed by atoms with van der Waals surface area (Å²) in [5.41, 5.74) is 7.50. The highest BCUT2D eigenvalue weighted by Gasteiger charge is 2.17. The Morgan fingerprint density at radius 2 is 1.79 bits per heavy atom. The summed E-state index contributed by atoms with van der Waals surface area (Å²) in [5.74, 6) is 0.978. The third-order valence-electron chi connectivity index (χ3n) is 3.58. The predicted octanol–water partition coefficient (Wildman–Crippen LogP) is 0.710. The van der Waals surface area contributed by atoms with Gasteiger partial charge in [0.05, 0.1) is 17.2 Å². The Labute approximate surface area is 113 Å². The number of hydrogen-bond acceptors (Lipinski definition) is 5. The highest BCUT2D eigenvalue weighted by atomic mass is 15.3. The number of anilines is 1. The molecule has 2 aromatic rings. The lowest BCUT2D eigenvalue weighted by atomic mass is 10.3. The van der Waals surface area contributed by atoms with Crippen LogP contribution in [0.5, 0.6) is 0 Å². The number of para-hydroxylation sites is 2. The number of benzene rings is 1. The number of aromatic nitrogens is 2. The van der Waals surface area contributed by atoms with Crippen LogP contribution >= 0.6 is 0 Å². The summed E-state index contributed by atoms with van der Waals surface area (Å²) in [6, 6.07) is 7.99. The molecule has 2 N–H and O–H groups in total. The third kappa shape index (κ3) is 2.67. The van der Waals surface area contributed by atoms with E-state index in [9.17, 15) is 0 Å². The molecule has 0 atom stereocenters. The molecule has 0 bridgehead atoms. The molecule has 5 nitrogen and oxygen atoms in total. The predicted molar refractivity (Wildman–Crippen MR) is 77.2 cm³/mol. The average molecular weight is 257 g/mol. The van der Waals surface area contributed by atoms with Gasteiger partial charge in [-0.25, -0.2) is 4.98 Å². The molecule has 100 valence electrons. The van der Waals surface area contributed by atoms with Crippen molar-refractivity contribution in [2.24, 2.45) is 5.73 Å². The normalized spacial score (nSPS) is 17.0. The van der Waals surface area contributed by atoms with Gasteiger partial charge >= 0.3 is 0 Å². The molecule has 0 amide bonds. The first-order chi connectivity index (χ1) is 9.36. The maximum absolute atomic E-state index is 5.59. The molecule has 1 fully saturated rings. The Morgan fingerprint density at radius 1 is 1.05 bits per heavy atom. The molecule has 2 heterocycles. The monoisotopic (exact) mass is 257 g/mol. The van der Waals surface area contributed by atoms with Gasteiger partial charge in [0, 0.05) is 39.3 Å². The lowest BCUT2D eigenvalue weighted by molar-refractivity contribution is 0.264. The minimum Gasteiger partial charge on any atom is -0.353 e. The van der Waals surface area contributed by atoms with E-state index in [2.05, 4.69) is 14.8 Å². The lowest BCUT2D eigenvalue weighted by Crippen LogP contribution is -2.48. The van der Waals surface area contributed by atoms with Crippen LogP contribution < -0.4 is 10.6 Å². The molecular weight excluding hydrogens is 238 g/mol. The van der Waals surface area contributed by atoms with E-state index in [0.29, 0.717) is 0 Å². The fourth-order valence-electron chi connectivity index (χ4n) is 2.48. The number of hydrogen-bond donors (Lipinski definition) is 1. The topological polar surface area (TPSA) is 58.3 Å². The summed E-state index contributed by atoms with van der Waals surface area (Å²) in [7, 11) is 0. The van der Waals surface area contributed by atoms with Crippen LogP contribution in [0.15, 0.2) is 30.5 Å². The van der Waals surface area contributed by atoms with Gasteiger partial charge in [-0.1, -0.05) is 12.1 Å². The molecular formula is C14H19N5. The second-order valence-corrected chi connectivity index (χ2v) is 4.83. The zero-order chi connectivity index (χ0) is 13.1. The fourth-order valence-corrected chi connectivity index (χ4v) is 2.48. The summed E-state index contributed by atoms with van der Waals surface area (Å²) in [6.07, 6.45) is 1.88. The Morgan fingerprint density at radius 3 is 2.53 bits per heavy atom. The Kier molecular flexibility index (Phi) is 3.57. The van der Waals surface area contributed by atoms with Crippen molar-refractivity contribution in [3.63, 3.8) is 0 Å². The standard InChI is InChI=1S/C14H19N5/c15-5-6-18-7-9-19(10-8-18)14-11-16-12-3-1-2-4-13(12)17-14/h1-4,11H,5-10,15H2. The first-order valence-electron chi connectivity index (χ1n) is 6.76. The average Bonchev–Trinajstić information content (AvgIpc) is 2.48. The molecule has 1 aromatic heterocycles. The summed E-state index contributed by atoms with van der Waals surface area (Å²) >= 11 is 0. The number of nitrogens with two attached hydrogens (primary N) is 1. The number of rotatable bonds is 3. The van der Waals surface area contributed by atoms with Gasteiger partial charge in [0.1, 0.15) is 5.82 Å². The molecule has 0 saturated carbocycles. The SMILES string of the molecule is NCCN1CCN(c2cnc3ccccc3n2)CC1. The number of piperazine rings is 1. The molecule has 1 aliphatic heterocycles. The van der Waals surface area contributed by atoms with Crippen molar-refractivity contribution in [1.82, 2.24) is 14.9 Å². The summed E-state index contributed by atoms with van der Waals surface area (Å²) in [5, 5.41) is 0. The molecule has 0 radical (unpaired) electrons. The zero-order valence-electron chi connectivity index (χ0n) is 11.0. The van der Waals surface area contributed by atoms with Crippen LogP contribution in [0.3, 0.4) is 0 Å². The van der Waals surface area contributed by atoms with Crippen molar-refractivity contribution in [3.05, 3.63) is 30.5 Å². The van der Waals surface area contributed by atoms with E-state index in [4.69, 9.17) is 10.7 Å². The summed E-state index contributed by atoms with van der Waals surface area (Å²) in [6.45, 7) is 5.80. The van der Waals surface area contributed by atoms with E-state index in [1.807, 2.05) is 30.5 Å². The van der Waals surface area contributed by atoms with E-state index in [-0.39, 0.29) is 0 Å². The first-order valence-corrected chi connectivity index (χ1v) is 6.76. The van der Waals surface area contributed by atoms with E-state index < -0.39 is 0 Å². The molecule has 19 heavy (non-hydrogen) atoms. The first kappa shape index (κ1) is 12.3. The van der Waals surface area contributed by atoms with Crippen LogP contribution in [-0.2, 0) is 0 Å². The fraction of sp³-hybridized carbons (Fsp3) is 0.429. The van der Waals surface area contributed by atoms with Gasteiger partial charge < -0.3 is 10.6 Å². The zero-order valence-corrected chi connectivity index (χ0v) is 11.0. The van der Waals surface area contributed by atoms with Gasteiger partial charge in [-0.2, -0.15) is 0 Å². The van der Waals surface area contributed by atoms with Gasteiger partial charge in [-0.3, -0.25) is 9.88 Å². The largest absolute Gasteiger partial charge is 0.353 e. The van der Waals surface area contributed by atoms with Crippen molar-refractivity contribution < 1.29 is 0 Å². The number of nitrogens with zero attached hydrogens (tertiary/aromatic N) is 4. The maximum atomic E-state index is 5.59. The quantitative estimate of drug-likeness (QED) is 0.877. The van der Waals surface area contributed by atoms with Gasteiger partial charge in [-0.15, -0.1) is 0 Å². The Balaban J connectivity index is 1.74. The van der Waals surface area contributed by atoms with Crippen LogP contribution in [-0.4, -0.2) is 54.1 Å². The van der Waals surface area contributed by atoms with Crippen molar-refractivity contribution in [1.29, 1.82) is 0 Å². The van der Waals surface area contributed by atoms with Crippen LogP contribution in [0.2, 0.25) is 0 Å². The van der Waals surface area contributed by atoms with E-state index in [1.165, 1.54) is 0 Å². The summed E-state index contributed by atoms with van der Waals surface area (Å²) < 4.78 is 0. The number of fused-ring (bicyclic) bond motifs is 1. The van der Waals surface area contributed by atoms with Gasteiger partial charge in [-0.05, 0) is 12.1 Å². The van der Waals surface area contributed by atoms with Crippen LogP contribution in [0.4, 0.5) is 5.82 Å². The third-order valence-corrected chi connectivity index (χ3v) is 3.58. The molecule has 3 rings (SSSR count). The lowest BCUT2D eigenvalue weighted by Gasteiger charge is -2.35.